The maximum absolute atomic E-state index is 10.7. The topological polar surface area (TPSA) is 17.1 Å². The van der Waals surface area contributed by atoms with Gasteiger partial charge >= 0.3 is 0 Å². The Morgan fingerprint density at radius 2 is 1.76 bits per heavy atom. The third-order valence-corrected chi connectivity index (χ3v) is 3.95. The molecule has 0 heterocycles. The molecule has 1 aromatic rings. The maximum Gasteiger partial charge on any atom is 0.123 e. The molecule has 0 amide bonds. The van der Waals surface area contributed by atoms with Gasteiger partial charge < -0.3 is 4.79 Å². The predicted molar refractivity (Wildman–Crippen MR) is 71.2 cm³/mol. The summed E-state index contributed by atoms with van der Waals surface area (Å²) in [4.78, 5) is 10.7. The molecule has 0 radical (unpaired) electrons. The molecular formula is C16H22O. The van der Waals surface area contributed by atoms with Crippen molar-refractivity contribution in [1.82, 2.24) is 0 Å². The fourth-order valence-corrected chi connectivity index (χ4v) is 2.83. The van der Waals surface area contributed by atoms with E-state index >= 15 is 0 Å². The fraction of sp³-hybridized carbons (Fsp3) is 0.562. The van der Waals surface area contributed by atoms with Crippen LogP contribution in [0.25, 0.3) is 0 Å². The minimum absolute atomic E-state index is 0.325. The lowest BCUT2D eigenvalue weighted by molar-refractivity contribution is -0.111. The Labute approximate surface area is 104 Å². The van der Waals surface area contributed by atoms with Gasteiger partial charge in [0.1, 0.15) is 6.29 Å². The van der Waals surface area contributed by atoms with Crippen molar-refractivity contribution >= 4 is 6.29 Å². The smallest absolute Gasteiger partial charge is 0.123 e. The first kappa shape index (κ1) is 12.3. The van der Waals surface area contributed by atoms with E-state index in [2.05, 4.69) is 31.2 Å². The number of benzene rings is 1. The lowest BCUT2D eigenvalue weighted by Gasteiger charge is -2.25. The summed E-state index contributed by atoms with van der Waals surface area (Å²) in [6.45, 7) is 2.22. The molecule has 0 bridgehead atoms. The zero-order valence-electron chi connectivity index (χ0n) is 10.7. The summed E-state index contributed by atoms with van der Waals surface area (Å²) in [5.41, 5.74) is 2.91. The number of hydrogen-bond acceptors (Lipinski definition) is 1. The summed E-state index contributed by atoms with van der Waals surface area (Å²) in [5, 5.41) is 0. The molecule has 1 aliphatic carbocycles. The molecule has 1 nitrogen and oxygen atoms in total. The molecular weight excluding hydrogens is 208 g/mol. The van der Waals surface area contributed by atoms with Gasteiger partial charge in [0, 0.05) is 5.92 Å². The summed E-state index contributed by atoms with van der Waals surface area (Å²) in [6, 6.07) is 9.11. The first-order valence-electron chi connectivity index (χ1n) is 6.87. The third kappa shape index (κ3) is 3.18. The van der Waals surface area contributed by atoms with Crippen molar-refractivity contribution in [2.45, 2.75) is 51.4 Å². The zero-order chi connectivity index (χ0) is 12.1. The average Bonchev–Trinajstić information content (AvgIpc) is 2.40. The monoisotopic (exact) mass is 230 g/mol. The highest BCUT2D eigenvalue weighted by molar-refractivity contribution is 5.53. The Morgan fingerprint density at radius 1 is 1.12 bits per heavy atom. The zero-order valence-corrected chi connectivity index (χ0v) is 10.7. The van der Waals surface area contributed by atoms with Crippen molar-refractivity contribution in [3.63, 3.8) is 0 Å². The molecule has 0 unspecified atom stereocenters. The number of rotatable bonds is 4. The number of aldehydes is 1. The first-order valence-corrected chi connectivity index (χ1v) is 6.87. The van der Waals surface area contributed by atoms with E-state index in [1.165, 1.54) is 36.8 Å². The van der Waals surface area contributed by atoms with Crippen LogP contribution in [0.4, 0.5) is 0 Å². The predicted octanol–water partition coefficient (Wildman–Crippen LogP) is 4.11. The Hall–Kier alpha value is -1.11. The lowest BCUT2D eigenvalue weighted by Crippen LogP contribution is -2.14. The van der Waals surface area contributed by atoms with Crippen LogP contribution in [0.3, 0.4) is 0 Å². The summed E-state index contributed by atoms with van der Waals surface area (Å²) in [7, 11) is 0. The molecule has 1 aliphatic rings. The van der Waals surface area contributed by atoms with Crippen LogP contribution in [0.2, 0.25) is 0 Å². The Balaban J connectivity index is 1.96. The molecule has 92 valence electrons. The van der Waals surface area contributed by atoms with E-state index in [1.54, 1.807) is 0 Å². The second kappa shape index (κ2) is 6.00. The minimum atomic E-state index is 0.325. The van der Waals surface area contributed by atoms with Crippen molar-refractivity contribution in [2.24, 2.45) is 5.92 Å². The second-order valence-electron chi connectivity index (χ2n) is 5.24. The summed E-state index contributed by atoms with van der Waals surface area (Å²) < 4.78 is 0. The number of hydrogen-bond donors (Lipinski definition) is 0. The molecule has 0 N–H and O–H groups in total. The summed E-state index contributed by atoms with van der Waals surface area (Å²) >= 11 is 0. The van der Waals surface area contributed by atoms with E-state index in [1.807, 2.05) is 0 Å². The van der Waals surface area contributed by atoms with Gasteiger partial charge in [0.05, 0.1) is 0 Å². The summed E-state index contributed by atoms with van der Waals surface area (Å²) in [5.74, 6) is 1.01. The van der Waals surface area contributed by atoms with Crippen LogP contribution >= 0.6 is 0 Å². The van der Waals surface area contributed by atoms with Crippen LogP contribution in [0.1, 0.15) is 56.1 Å². The van der Waals surface area contributed by atoms with Gasteiger partial charge in [-0.1, -0.05) is 37.6 Å². The Morgan fingerprint density at radius 3 is 2.29 bits per heavy atom. The van der Waals surface area contributed by atoms with Gasteiger partial charge in [-0.3, -0.25) is 0 Å². The molecule has 1 heteroatoms. The molecule has 0 aromatic heterocycles. The molecule has 2 rings (SSSR count). The average molecular weight is 230 g/mol. The SMILES string of the molecule is CCCc1ccc([C@H]2CC[C@H](C=O)CC2)cc1. The molecule has 0 atom stereocenters. The van der Waals surface area contributed by atoms with E-state index in [-0.39, 0.29) is 0 Å². The van der Waals surface area contributed by atoms with Crippen molar-refractivity contribution < 1.29 is 4.79 Å². The van der Waals surface area contributed by atoms with Crippen LogP contribution in [0.15, 0.2) is 24.3 Å². The van der Waals surface area contributed by atoms with Crippen LogP contribution in [0, 0.1) is 5.92 Å². The van der Waals surface area contributed by atoms with E-state index < -0.39 is 0 Å². The van der Waals surface area contributed by atoms with Gasteiger partial charge in [0.15, 0.2) is 0 Å². The van der Waals surface area contributed by atoms with E-state index in [0.717, 1.165) is 19.1 Å². The maximum atomic E-state index is 10.7. The van der Waals surface area contributed by atoms with E-state index in [9.17, 15) is 4.79 Å². The van der Waals surface area contributed by atoms with Crippen molar-refractivity contribution in [2.75, 3.05) is 0 Å². The van der Waals surface area contributed by atoms with E-state index in [4.69, 9.17) is 0 Å². The highest BCUT2D eigenvalue weighted by Crippen LogP contribution is 2.34. The first-order chi connectivity index (χ1) is 8.33. The number of aryl methyl sites for hydroxylation is 1. The highest BCUT2D eigenvalue weighted by Gasteiger charge is 2.21. The molecule has 0 saturated heterocycles. The molecule has 1 fully saturated rings. The normalized spacial score (nSPS) is 24.5. The molecule has 1 saturated carbocycles. The van der Waals surface area contributed by atoms with Gasteiger partial charge in [-0.25, -0.2) is 0 Å². The second-order valence-corrected chi connectivity index (χ2v) is 5.24. The fourth-order valence-electron chi connectivity index (χ4n) is 2.83. The van der Waals surface area contributed by atoms with Crippen LogP contribution in [0.5, 0.6) is 0 Å². The highest BCUT2D eigenvalue weighted by atomic mass is 16.1. The quantitative estimate of drug-likeness (QED) is 0.711. The van der Waals surface area contributed by atoms with Crippen LogP contribution in [-0.4, -0.2) is 6.29 Å². The van der Waals surface area contributed by atoms with Crippen LogP contribution < -0.4 is 0 Å². The third-order valence-electron chi connectivity index (χ3n) is 3.95. The standard InChI is InChI=1S/C16H22O/c1-2-3-13-4-8-15(9-5-13)16-10-6-14(12-17)7-11-16/h4-5,8-9,12,14,16H,2-3,6-7,10-11H2,1H3/t14-,16-. The summed E-state index contributed by atoms with van der Waals surface area (Å²) in [6.07, 6.45) is 8.03. The van der Waals surface area contributed by atoms with Gasteiger partial charge in [0.2, 0.25) is 0 Å². The van der Waals surface area contributed by atoms with Gasteiger partial charge in [-0.15, -0.1) is 0 Å². The molecule has 0 spiro atoms. The molecule has 1 aromatic carbocycles. The largest absolute Gasteiger partial charge is 0.303 e. The number of carbonyl (C=O) groups excluding carboxylic acids is 1. The molecule has 0 aliphatic heterocycles. The van der Waals surface area contributed by atoms with Crippen molar-refractivity contribution in [3.8, 4) is 0 Å². The minimum Gasteiger partial charge on any atom is -0.303 e. The van der Waals surface area contributed by atoms with Gasteiger partial charge in [-0.05, 0) is 49.1 Å². The van der Waals surface area contributed by atoms with E-state index in [0.29, 0.717) is 11.8 Å². The van der Waals surface area contributed by atoms with Crippen molar-refractivity contribution in [1.29, 1.82) is 0 Å². The Kier molecular flexibility index (Phi) is 4.36. The Bertz CT molecular complexity index is 344. The van der Waals surface area contributed by atoms with Gasteiger partial charge in [-0.2, -0.15) is 0 Å². The lowest BCUT2D eigenvalue weighted by atomic mass is 9.79. The van der Waals surface area contributed by atoms with Gasteiger partial charge in [0.25, 0.3) is 0 Å². The van der Waals surface area contributed by atoms with Crippen molar-refractivity contribution in [3.05, 3.63) is 35.4 Å². The molecule has 17 heavy (non-hydrogen) atoms. The van der Waals surface area contributed by atoms with Crippen LogP contribution in [-0.2, 0) is 11.2 Å². The number of carbonyl (C=O) groups is 1.